The highest BCUT2D eigenvalue weighted by molar-refractivity contribution is 4.80. The first-order valence-corrected chi connectivity index (χ1v) is 7.00. The maximum Gasteiger partial charge on any atom is 0.00122 e. The topological polar surface area (TPSA) is 3.24 Å². The van der Waals surface area contributed by atoms with Crippen molar-refractivity contribution in [3.8, 4) is 0 Å². The van der Waals surface area contributed by atoms with Crippen molar-refractivity contribution in [2.45, 2.75) is 60.3 Å². The highest BCUT2D eigenvalue weighted by Crippen LogP contribution is 2.34. The Hall–Kier alpha value is -0.0400. The first-order valence-electron chi connectivity index (χ1n) is 7.00. The zero-order valence-corrected chi connectivity index (χ0v) is 11.6. The van der Waals surface area contributed by atoms with Gasteiger partial charge >= 0.3 is 0 Å². The molecule has 0 heterocycles. The summed E-state index contributed by atoms with van der Waals surface area (Å²) in [5, 5.41) is 0. The highest BCUT2D eigenvalue weighted by atomic mass is 15.1. The number of rotatable bonds is 6. The van der Waals surface area contributed by atoms with Crippen LogP contribution in [0.3, 0.4) is 0 Å². The molecule has 15 heavy (non-hydrogen) atoms. The van der Waals surface area contributed by atoms with E-state index < -0.39 is 0 Å². The minimum Gasteiger partial charge on any atom is -0.303 e. The SMILES string of the molecule is CC.CCCN(CCC)CC1CCC1C. The molecule has 1 heteroatoms. The first-order chi connectivity index (χ1) is 7.27. The Kier molecular flexibility index (Phi) is 9.18. The number of hydrogen-bond donors (Lipinski definition) is 0. The van der Waals surface area contributed by atoms with Gasteiger partial charge in [0, 0.05) is 6.54 Å². The molecule has 1 saturated carbocycles. The highest BCUT2D eigenvalue weighted by Gasteiger charge is 2.27. The lowest BCUT2D eigenvalue weighted by atomic mass is 9.75. The summed E-state index contributed by atoms with van der Waals surface area (Å²) in [5.74, 6) is 2.01. The molecule has 0 spiro atoms. The van der Waals surface area contributed by atoms with Gasteiger partial charge in [-0.05, 0) is 44.2 Å². The van der Waals surface area contributed by atoms with Gasteiger partial charge in [0.15, 0.2) is 0 Å². The van der Waals surface area contributed by atoms with E-state index in [0.29, 0.717) is 0 Å². The van der Waals surface area contributed by atoms with Gasteiger partial charge in [0.05, 0.1) is 0 Å². The summed E-state index contributed by atoms with van der Waals surface area (Å²) in [6, 6.07) is 0. The maximum absolute atomic E-state index is 2.65. The molecular weight excluding hydrogens is 182 g/mol. The van der Waals surface area contributed by atoms with E-state index in [1.54, 1.807) is 0 Å². The van der Waals surface area contributed by atoms with Crippen LogP contribution in [0, 0.1) is 11.8 Å². The maximum atomic E-state index is 2.65. The Balaban J connectivity index is 0.000000921. The van der Waals surface area contributed by atoms with Gasteiger partial charge in [0.2, 0.25) is 0 Å². The summed E-state index contributed by atoms with van der Waals surface area (Å²) >= 11 is 0. The number of hydrogen-bond acceptors (Lipinski definition) is 1. The molecule has 2 unspecified atom stereocenters. The van der Waals surface area contributed by atoms with E-state index in [1.807, 2.05) is 13.8 Å². The summed E-state index contributed by atoms with van der Waals surface area (Å²) in [5.41, 5.74) is 0. The second-order valence-corrected chi connectivity index (χ2v) is 4.62. The lowest BCUT2D eigenvalue weighted by Gasteiger charge is -2.38. The number of nitrogens with zero attached hydrogens (tertiary/aromatic N) is 1. The van der Waals surface area contributed by atoms with Gasteiger partial charge in [0.1, 0.15) is 0 Å². The normalized spacial score (nSPS) is 24.4. The molecule has 92 valence electrons. The van der Waals surface area contributed by atoms with Crippen LogP contribution in [-0.2, 0) is 0 Å². The Morgan fingerprint density at radius 1 is 1.00 bits per heavy atom. The zero-order chi connectivity index (χ0) is 11.7. The second-order valence-electron chi connectivity index (χ2n) is 4.62. The summed E-state index contributed by atoms with van der Waals surface area (Å²) in [7, 11) is 0. The molecule has 0 aromatic heterocycles. The molecule has 0 amide bonds. The Morgan fingerprint density at radius 2 is 1.53 bits per heavy atom. The quantitative estimate of drug-likeness (QED) is 0.640. The van der Waals surface area contributed by atoms with Gasteiger partial charge < -0.3 is 4.90 Å². The van der Waals surface area contributed by atoms with Gasteiger partial charge in [-0.25, -0.2) is 0 Å². The van der Waals surface area contributed by atoms with Crippen LogP contribution < -0.4 is 0 Å². The lowest BCUT2D eigenvalue weighted by Crippen LogP contribution is -2.37. The fraction of sp³-hybridized carbons (Fsp3) is 1.00. The van der Waals surface area contributed by atoms with Crippen molar-refractivity contribution in [2.24, 2.45) is 11.8 Å². The molecule has 0 saturated heterocycles. The lowest BCUT2D eigenvalue weighted by molar-refractivity contribution is 0.121. The van der Waals surface area contributed by atoms with Crippen LogP contribution >= 0.6 is 0 Å². The molecule has 1 aliphatic rings. The van der Waals surface area contributed by atoms with E-state index in [2.05, 4.69) is 25.7 Å². The van der Waals surface area contributed by atoms with Crippen LogP contribution in [0.25, 0.3) is 0 Å². The van der Waals surface area contributed by atoms with Crippen LogP contribution in [0.1, 0.15) is 60.3 Å². The molecule has 0 radical (unpaired) electrons. The molecular formula is C14H31N. The predicted molar refractivity (Wildman–Crippen MR) is 70.3 cm³/mol. The van der Waals surface area contributed by atoms with Gasteiger partial charge in [0.25, 0.3) is 0 Å². The fourth-order valence-electron chi connectivity index (χ4n) is 2.27. The summed E-state index contributed by atoms with van der Waals surface area (Å²) < 4.78 is 0. The van der Waals surface area contributed by atoms with Crippen LogP contribution in [0.4, 0.5) is 0 Å². The third-order valence-corrected chi connectivity index (χ3v) is 3.37. The van der Waals surface area contributed by atoms with Crippen molar-refractivity contribution in [2.75, 3.05) is 19.6 Å². The standard InChI is InChI=1S/C12H25N.C2H6/c1-4-8-13(9-5-2)10-12-7-6-11(12)3;1-2/h11-12H,4-10H2,1-3H3;1-2H3. The van der Waals surface area contributed by atoms with E-state index in [1.165, 1.54) is 45.3 Å². The van der Waals surface area contributed by atoms with Crippen molar-refractivity contribution < 1.29 is 0 Å². The fourth-order valence-corrected chi connectivity index (χ4v) is 2.27. The molecule has 0 aromatic carbocycles. The Labute approximate surface area is 97.2 Å². The smallest absolute Gasteiger partial charge is 0.00122 e. The average molecular weight is 213 g/mol. The average Bonchev–Trinajstić information content (AvgIpc) is 2.27. The van der Waals surface area contributed by atoms with E-state index in [4.69, 9.17) is 0 Å². The molecule has 0 bridgehead atoms. The third-order valence-electron chi connectivity index (χ3n) is 3.37. The second kappa shape index (κ2) is 9.21. The van der Waals surface area contributed by atoms with Gasteiger partial charge in [-0.2, -0.15) is 0 Å². The van der Waals surface area contributed by atoms with Crippen molar-refractivity contribution in [3.63, 3.8) is 0 Å². The van der Waals surface area contributed by atoms with Crippen molar-refractivity contribution in [1.29, 1.82) is 0 Å². The summed E-state index contributed by atoms with van der Waals surface area (Å²) in [6.07, 6.45) is 5.56. The van der Waals surface area contributed by atoms with E-state index in [0.717, 1.165) is 11.8 Å². The largest absolute Gasteiger partial charge is 0.303 e. The minimum atomic E-state index is 0.996. The van der Waals surface area contributed by atoms with Crippen LogP contribution in [0.2, 0.25) is 0 Å². The van der Waals surface area contributed by atoms with Gasteiger partial charge in [-0.15, -0.1) is 0 Å². The van der Waals surface area contributed by atoms with E-state index in [-0.39, 0.29) is 0 Å². The van der Waals surface area contributed by atoms with E-state index >= 15 is 0 Å². The molecule has 2 atom stereocenters. The van der Waals surface area contributed by atoms with Crippen LogP contribution in [0.15, 0.2) is 0 Å². The van der Waals surface area contributed by atoms with Crippen molar-refractivity contribution in [1.82, 2.24) is 4.90 Å². The monoisotopic (exact) mass is 213 g/mol. The summed E-state index contributed by atoms with van der Waals surface area (Å²) in [4.78, 5) is 2.65. The third kappa shape index (κ3) is 5.55. The van der Waals surface area contributed by atoms with Gasteiger partial charge in [-0.1, -0.05) is 41.0 Å². The molecule has 1 rings (SSSR count). The Bertz CT molecular complexity index is 127. The molecule has 0 aromatic rings. The molecule has 1 nitrogen and oxygen atoms in total. The predicted octanol–water partition coefficient (Wildman–Crippen LogP) is 4.18. The molecule has 0 aliphatic heterocycles. The Morgan fingerprint density at radius 3 is 1.80 bits per heavy atom. The summed E-state index contributed by atoms with van der Waals surface area (Å²) in [6.45, 7) is 14.9. The van der Waals surface area contributed by atoms with Gasteiger partial charge in [-0.3, -0.25) is 0 Å². The molecule has 0 N–H and O–H groups in total. The first kappa shape index (κ1) is 15.0. The van der Waals surface area contributed by atoms with Crippen LogP contribution in [-0.4, -0.2) is 24.5 Å². The van der Waals surface area contributed by atoms with Crippen molar-refractivity contribution in [3.05, 3.63) is 0 Å². The zero-order valence-electron chi connectivity index (χ0n) is 11.6. The minimum absolute atomic E-state index is 0.996. The van der Waals surface area contributed by atoms with Crippen molar-refractivity contribution >= 4 is 0 Å². The molecule has 1 fully saturated rings. The van der Waals surface area contributed by atoms with E-state index in [9.17, 15) is 0 Å². The van der Waals surface area contributed by atoms with Crippen LogP contribution in [0.5, 0.6) is 0 Å². The molecule has 1 aliphatic carbocycles.